The van der Waals surface area contributed by atoms with Gasteiger partial charge in [-0.05, 0) is 163 Å². The predicted octanol–water partition coefficient (Wildman–Crippen LogP) is 10.4. The quantitative estimate of drug-likeness (QED) is 0.0223. The Balaban J connectivity index is 0.632. The van der Waals surface area contributed by atoms with Crippen LogP contribution >= 0.6 is 0 Å². The number of nitrogens with one attached hydrogen (secondary N) is 5. The SMILES string of the molecule is CC[C@H](NC)C(=O)C[C@@H]1C(=O)N2[C@@H](CC[C@@H]1CCNCc1ccccc1)CC[C@H]2C(=O)NC(C(=O)CCCCOCCOCCOCCCn1cc(CCC(=O)CC[C@H]2CC[C@H]3CC[C@@H](C(=O)CC(c4ccccc4)c4ccccc4)N3C(=O)[C@H]2NC(=O)[C@H](CC)NC)nn1)(c1ccccc1)c1ccccc1. The second-order valence-corrected chi connectivity index (χ2v) is 29.5. The highest BCUT2D eigenvalue weighted by molar-refractivity contribution is 6.00. The maximum absolute atomic E-state index is 15.2. The van der Waals surface area contributed by atoms with E-state index in [0.717, 1.165) is 30.4 Å². The fourth-order valence-corrected chi connectivity index (χ4v) is 16.8. The first-order valence-electron chi connectivity index (χ1n) is 39.5. The van der Waals surface area contributed by atoms with Crippen molar-refractivity contribution in [1.82, 2.24) is 51.4 Å². The lowest BCUT2D eigenvalue weighted by molar-refractivity contribution is -0.146. The topological polar surface area (TPSA) is 262 Å². The number of ketones is 4. The van der Waals surface area contributed by atoms with Crippen molar-refractivity contribution < 1.29 is 52.6 Å². The Morgan fingerprint density at radius 2 is 1.11 bits per heavy atom. The zero-order valence-electron chi connectivity index (χ0n) is 63.3. The molecule has 574 valence electrons. The average molecular weight is 1460 g/mol. The highest BCUT2D eigenvalue weighted by Gasteiger charge is 2.52. The van der Waals surface area contributed by atoms with Crippen LogP contribution < -0.4 is 26.6 Å². The third-order valence-corrected chi connectivity index (χ3v) is 22.7. The first-order chi connectivity index (χ1) is 52.2. The molecular formula is C86H114N10O11. The van der Waals surface area contributed by atoms with Crippen molar-refractivity contribution >= 4 is 46.8 Å². The van der Waals surface area contributed by atoms with Crippen LogP contribution in [-0.2, 0) is 77.6 Å². The van der Waals surface area contributed by atoms with Crippen LogP contribution in [0.15, 0.2) is 158 Å². The summed E-state index contributed by atoms with van der Waals surface area (Å²) in [5, 5.41) is 24.8. The summed E-state index contributed by atoms with van der Waals surface area (Å²) in [5.74, 6) is -2.24. The minimum absolute atomic E-state index is 0.000135. The smallest absolute Gasteiger partial charge is 0.246 e. The average Bonchev–Trinajstić information content (AvgIpc) is 1.66. The first kappa shape index (κ1) is 81.1. The van der Waals surface area contributed by atoms with Crippen molar-refractivity contribution in [3.8, 4) is 0 Å². The monoisotopic (exact) mass is 1460 g/mol. The number of aryl methyl sites for hydroxylation is 2. The van der Waals surface area contributed by atoms with Gasteiger partial charge in [-0.15, -0.1) is 5.10 Å². The lowest BCUT2D eigenvalue weighted by Crippen LogP contribution is -2.58. The number of benzene rings is 5. The minimum Gasteiger partial charge on any atom is -0.379 e. The molecule has 4 saturated heterocycles. The largest absolute Gasteiger partial charge is 0.379 e. The Kier molecular flexibility index (Phi) is 31.7. The van der Waals surface area contributed by atoms with E-state index >= 15 is 14.4 Å². The number of hydrogen-bond acceptors (Lipinski definition) is 16. The maximum atomic E-state index is 15.2. The van der Waals surface area contributed by atoms with Crippen molar-refractivity contribution in [2.75, 3.05) is 60.3 Å². The fraction of sp³-hybridized carbons (Fsp3) is 0.535. The van der Waals surface area contributed by atoms with Gasteiger partial charge in [-0.3, -0.25) is 43.0 Å². The number of aromatic nitrogens is 3. The van der Waals surface area contributed by atoms with Gasteiger partial charge < -0.3 is 50.6 Å². The third kappa shape index (κ3) is 21.9. The molecule has 10 atom stereocenters. The van der Waals surface area contributed by atoms with E-state index in [1.807, 2.05) is 160 Å². The lowest BCUT2D eigenvalue weighted by Gasteiger charge is -2.38. The van der Waals surface area contributed by atoms with Crippen molar-refractivity contribution in [3.63, 3.8) is 0 Å². The Bertz CT molecular complexity index is 3690. The van der Waals surface area contributed by atoms with Crippen molar-refractivity contribution in [2.24, 2.45) is 17.8 Å². The van der Waals surface area contributed by atoms with E-state index in [2.05, 4.69) is 49.0 Å². The van der Waals surface area contributed by atoms with E-state index in [9.17, 15) is 24.0 Å². The molecule has 21 heteroatoms. The first-order valence-corrected chi connectivity index (χ1v) is 39.5. The summed E-state index contributed by atoms with van der Waals surface area (Å²) in [6.45, 7) is 8.26. The molecule has 6 aromatic rings. The van der Waals surface area contributed by atoms with Gasteiger partial charge in [0.2, 0.25) is 23.6 Å². The molecule has 0 bridgehead atoms. The van der Waals surface area contributed by atoms with Gasteiger partial charge >= 0.3 is 0 Å². The molecule has 5 heterocycles. The number of hydrogen-bond donors (Lipinski definition) is 5. The molecule has 0 aliphatic carbocycles. The summed E-state index contributed by atoms with van der Waals surface area (Å²) in [6.07, 6.45) is 12.6. The summed E-state index contributed by atoms with van der Waals surface area (Å²) in [5.41, 5.74) is 3.67. The molecule has 10 rings (SSSR count). The molecule has 21 nitrogen and oxygen atoms in total. The number of carbonyl (C=O) groups excluding carboxylic acids is 8. The summed E-state index contributed by atoms with van der Waals surface area (Å²) >= 11 is 0. The van der Waals surface area contributed by atoms with E-state index in [0.29, 0.717) is 160 Å². The van der Waals surface area contributed by atoms with E-state index in [1.54, 1.807) is 28.6 Å². The summed E-state index contributed by atoms with van der Waals surface area (Å²) in [7, 11) is 3.50. The van der Waals surface area contributed by atoms with Crippen molar-refractivity contribution in [3.05, 3.63) is 191 Å². The molecule has 0 spiro atoms. The Morgan fingerprint density at radius 1 is 0.570 bits per heavy atom. The third-order valence-electron chi connectivity index (χ3n) is 22.7. The van der Waals surface area contributed by atoms with Gasteiger partial charge in [0.05, 0.1) is 50.2 Å². The summed E-state index contributed by atoms with van der Waals surface area (Å²) in [4.78, 5) is 120. The van der Waals surface area contributed by atoms with Gasteiger partial charge in [0, 0.05) is 88.5 Å². The van der Waals surface area contributed by atoms with Gasteiger partial charge in [-0.25, -0.2) is 0 Å². The standard InChI is InChI=1S/C86H114N10O11/c1-5-74(87-3)78(98)58-73-64(48-49-89-59-61-25-12-7-13-26-61)36-40-70-43-47-77(96(70)84(73)103)83(102)91-86(66-31-18-10-19-32-66,67-33-20-11-21-34-67)80(100)35-22-23-51-105-53-55-107-56-54-106-52-24-50-94-60-68(92-93-94)39-45-71(97)44-38-65-37-41-69-42-46-76(95(69)85(104)81(65)90-82(101)75(6-2)88-4)79(99)57-72(62-27-14-8-15-28-62)63-29-16-9-17-30-63/h7-21,25-34,60,64-65,69-70,72-77,81,87-89H,5-6,22-24,35-59H2,1-4H3,(H,90,101)(H,91,102)/t64-,65-,69+,70+,73+,74+,75+,76+,77+,81+/m1/s1. The second-order valence-electron chi connectivity index (χ2n) is 29.5. The van der Waals surface area contributed by atoms with Crippen LogP contribution in [-0.4, -0.2) is 174 Å². The molecule has 0 saturated carbocycles. The molecule has 4 aliphatic heterocycles. The molecule has 0 unspecified atom stereocenters. The van der Waals surface area contributed by atoms with Gasteiger partial charge in [0.15, 0.2) is 17.3 Å². The predicted molar refractivity (Wildman–Crippen MR) is 412 cm³/mol. The molecule has 5 aromatic carbocycles. The van der Waals surface area contributed by atoms with Crippen LogP contribution in [0.5, 0.6) is 0 Å². The highest BCUT2D eigenvalue weighted by atomic mass is 16.5. The number of likely N-dealkylation sites (N-methyl/N-ethyl adjacent to an activating group) is 2. The number of fused-ring (bicyclic) bond motifs is 2. The van der Waals surface area contributed by atoms with Gasteiger partial charge in [-0.2, -0.15) is 0 Å². The minimum atomic E-state index is -1.55. The van der Waals surface area contributed by atoms with Crippen LogP contribution in [0, 0.1) is 17.8 Å². The van der Waals surface area contributed by atoms with E-state index in [1.165, 1.54) is 5.56 Å². The zero-order valence-corrected chi connectivity index (χ0v) is 63.3. The van der Waals surface area contributed by atoms with Crippen molar-refractivity contribution in [1.29, 1.82) is 0 Å². The van der Waals surface area contributed by atoms with E-state index < -0.39 is 35.6 Å². The van der Waals surface area contributed by atoms with Crippen LogP contribution in [0.2, 0.25) is 0 Å². The van der Waals surface area contributed by atoms with Gasteiger partial charge in [-0.1, -0.05) is 171 Å². The molecular weight excluding hydrogens is 1350 g/mol. The molecule has 107 heavy (non-hydrogen) atoms. The number of carbonyl (C=O) groups is 8. The zero-order chi connectivity index (χ0) is 75.3. The lowest BCUT2D eigenvalue weighted by atomic mass is 9.77. The molecule has 4 amide bonds. The van der Waals surface area contributed by atoms with Crippen molar-refractivity contribution in [2.45, 2.75) is 216 Å². The van der Waals surface area contributed by atoms with Gasteiger partial charge in [0.25, 0.3) is 0 Å². The number of unbranched alkanes of at least 4 members (excludes halogenated alkanes) is 1. The Morgan fingerprint density at radius 3 is 1.71 bits per heavy atom. The number of rotatable bonds is 45. The molecule has 5 N–H and O–H groups in total. The fourth-order valence-electron chi connectivity index (χ4n) is 16.8. The normalized spacial score (nSPS) is 20.8. The van der Waals surface area contributed by atoms with Crippen LogP contribution in [0.25, 0.3) is 0 Å². The molecule has 0 radical (unpaired) electrons. The summed E-state index contributed by atoms with van der Waals surface area (Å²) < 4.78 is 19.4. The van der Waals surface area contributed by atoms with E-state index in [4.69, 9.17) is 14.2 Å². The highest BCUT2D eigenvalue weighted by Crippen LogP contribution is 2.42. The Labute approximate surface area is 632 Å². The van der Waals surface area contributed by atoms with Gasteiger partial charge in [0.1, 0.15) is 23.4 Å². The summed E-state index contributed by atoms with van der Waals surface area (Å²) in [6, 6.07) is 45.6. The maximum Gasteiger partial charge on any atom is 0.246 e. The van der Waals surface area contributed by atoms with Crippen LogP contribution in [0.4, 0.5) is 0 Å². The molecule has 4 aliphatic rings. The second kappa shape index (κ2) is 41.8. The molecule has 1 aromatic heterocycles. The molecule has 4 fully saturated rings. The van der Waals surface area contributed by atoms with Crippen LogP contribution in [0.1, 0.15) is 182 Å². The number of ether oxygens (including phenoxy) is 3. The number of Topliss-reactive ketones (excluding diaryl/α,β-unsaturated/α-hetero) is 4. The van der Waals surface area contributed by atoms with E-state index in [-0.39, 0.29) is 115 Å². The number of amides is 4. The Hall–Kier alpha value is -8.44. The van der Waals surface area contributed by atoms with Crippen LogP contribution in [0.3, 0.4) is 0 Å². The number of nitrogens with zero attached hydrogens (tertiary/aromatic N) is 5.